The fraction of sp³-hybridized carbons (Fsp3) is 0.417. The number of para-hydroxylation sites is 1. The molecule has 1 rings (SSSR count). The molecule has 1 N–H and O–H groups in total. The van der Waals surface area contributed by atoms with E-state index in [9.17, 15) is 4.79 Å². The Morgan fingerprint density at radius 1 is 1.47 bits per heavy atom. The van der Waals surface area contributed by atoms with Gasteiger partial charge in [0.1, 0.15) is 5.75 Å². The lowest BCUT2D eigenvalue weighted by atomic mass is 10.2. The van der Waals surface area contributed by atoms with E-state index in [0.29, 0.717) is 25.2 Å². The van der Waals surface area contributed by atoms with Crippen molar-refractivity contribution in [2.45, 2.75) is 19.4 Å². The molecule has 0 aromatic heterocycles. The van der Waals surface area contributed by atoms with Gasteiger partial charge < -0.3 is 14.6 Å². The van der Waals surface area contributed by atoms with E-state index in [-0.39, 0.29) is 12.6 Å². The number of esters is 1. The second-order valence-corrected chi connectivity index (χ2v) is 4.27. The smallest absolute Gasteiger partial charge is 0.305 e. The minimum Gasteiger partial charge on any atom is -0.492 e. The molecule has 0 spiro atoms. The Bertz CT molecular complexity index is 379. The molecule has 0 saturated carbocycles. The van der Waals surface area contributed by atoms with Crippen LogP contribution >= 0.6 is 15.9 Å². The van der Waals surface area contributed by atoms with Gasteiger partial charge in [0.2, 0.25) is 0 Å². The maximum Gasteiger partial charge on any atom is 0.305 e. The summed E-state index contributed by atoms with van der Waals surface area (Å²) in [6.45, 7) is 0.330. The molecule has 0 saturated heterocycles. The Kier molecular flexibility index (Phi) is 6.00. The minimum absolute atomic E-state index is 0.0776. The lowest BCUT2D eigenvalue weighted by Crippen LogP contribution is -2.06. The molecule has 0 heterocycles. The van der Waals surface area contributed by atoms with E-state index in [1.165, 1.54) is 7.11 Å². The van der Waals surface area contributed by atoms with Crippen LogP contribution in [-0.2, 0) is 16.1 Å². The summed E-state index contributed by atoms with van der Waals surface area (Å²) >= 11 is 3.35. The monoisotopic (exact) mass is 302 g/mol. The van der Waals surface area contributed by atoms with E-state index in [1.54, 1.807) is 6.07 Å². The highest BCUT2D eigenvalue weighted by molar-refractivity contribution is 9.10. The summed E-state index contributed by atoms with van der Waals surface area (Å²) in [7, 11) is 1.36. The summed E-state index contributed by atoms with van der Waals surface area (Å²) in [6.07, 6.45) is 0.911. The second kappa shape index (κ2) is 7.29. The number of hydrogen-bond acceptors (Lipinski definition) is 4. The van der Waals surface area contributed by atoms with Crippen molar-refractivity contribution in [3.8, 4) is 5.75 Å². The molecule has 0 radical (unpaired) electrons. The third-order valence-electron chi connectivity index (χ3n) is 2.22. The molecule has 0 atom stereocenters. The third kappa shape index (κ3) is 4.36. The predicted molar refractivity (Wildman–Crippen MR) is 66.8 cm³/mol. The summed E-state index contributed by atoms with van der Waals surface area (Å²) in [5.41, 5.74) is 0.720. The number of methoxy groups -OCH3 is 1. The molecule has 94 valence electrons. The number of aliphatic hydroxyl groups excluding tert-OH is 1. The third-order valence-corrected chi connectivity index (χ3v) is 2.84. The first-order valence-corrected chi connectivity index (χ1v) is 6.06. The topological polar surface area (TPSA) is 55.8 Å². The van der Waals surface area contributed by atoms with Gasteiger partial charge in [-0.05, 0) is 28.4 Å². The average Bonchev–Trinajstić information content (AvgIpc) is 2.35. The first-order valence-electron chi connectivity index (χ1n) is 5.27. The van der Waals surface area contributed by atoms with Gasteiger partial charge in [-0.15, -0.1) is 0 Å². The first-order chi connectivity index (χ1) is 8.19. The van der Waals surface area contributed by atoms with Gasteiger partial charge in [-0.2, -0.15) is 0 Å². The van der Waals surface area contributed by atoms with Crippen LogP contribution in [0.25, 0.3) is 0 Å². The zero-order chi connectivity index (χ0) is 12.7. The van der Waals surface area contributed by atoms with Crippen LogP contribution in [-0.4, -0.2) is 24.8 Å². The number of aliphatic hydroxyl groups is 1. The Labute approximate surface area is 109 Å². The van der Waals surface area contributed by atoms with Crippen molar-refractivity contribution in [1.29, 1.82) is 0 Å². The van der Waals surface area contributed by atoms with Gasteiger partial charge in [-0.25, -0.2) is 0 Å². The normalized spacial score (nSPS) is 10.1. The fourth-order valence-electron chi connectivity index (χ4n) is 1.33. The van der Waals surface area contributed by atoms with Crippen molar-refractivity contribution < 1.29 is 19.4 Å². The highest BCUT2D eigenvalue weighted by Gasteiger charge is 2.07. The number of rotatable bonds is 6. The summed E-state index contributed by atoms with van der Waals surface area (Å²) in [4.78, 5) is 10.9. The molecule has 5 heteroatoms. The Balaban J connectivity index is 2.48. The van der Waals surface area contributed by atoms with Crippen molar-refractivity contribution in [2.24, 2.45) is 0 Å². The molecule has 0 fully saturated rings. The Hall–Kier alpha value is -1.07. The van der Waals surface area contributed by atoms with E-state index < -0.39 is 0 Å². The summed E-state index contributed by atoms with van der Waals surface area (Å²) < 4.78 is 10.9. The lowest BCUT2D eigenvalue weighted by Gasteiger charge is -2.11. The molecule has 0 aliphatic carbocycles. The lowest BCUT2D eigenvalue weighted by molar-refractivity contribution is -0.140. The van der Waals surface area contributed by atoms with Crippen molar-refractivity contribution in [1.82, 2.24) is 0 Å². The van der Waals surface area contributed by atoms with Gasteiger partial charge in [0.15, 0.2) is 0 Å². The quantitative estimate of drug-likeness (QED) is 0.647. The van der Waals surface area contributed by atoms with Gasteiger partial charge in [-0.1, -0.05) is 12.1 Å². The van der Waals surface area contributed by atoms with Crippen molar-refractivity contribution >= 4 is 21.9 Å². The molecule has 0 bridgehead atoms. The fourth-order valence-corrected chi connectivity index (χ4v) is 1.85. The second-order valence-electron chi connectivity index (χ2n) is 3.41. The molecule has 0 aliphatic rings. The average molecular weight is 303 g/mol. The number of carbonyl (C=O) groups is 1. The van der Waals surface area contributed by atoms with Crippen LogP contribution < -0.4 is 4.74 Å². The zero-order valence-electron chi connectivity index (χ0n) is 9.61. The van der Waals surface area contributed by atoms with E-state index in [0.717, 1.165) is 10.0 Å². The van der Waals surface area contributed by atoms with E-state index in [4.69, 9.17) is 9.84 Å². The highest BCUT2D eigenvalue weighted by atomic mass is 79.9. The van der Waals surface area contributed by atoms with Gasteiger partial charge in [-0.3, -0.25) is 4.79 Å². The Morgan fingerprint density at radius 2 is 2.24 bits per heavy atom. The van der Waals surface area contributed by atoms with Gasteiger partial charge in [0.05, 0.1) is 24.8 Å². The number of halogens is 1. The van der Waals surface area contributed by atoms with Crippen LogP contribution in [0.1, 0.15) is 18.4 Å². The molecule has 1 aromatic rings. The van der Waals surface area contributed by atoms with Crippen LogP contribution in [0, 0.1) is 0 Å². The van der Waals surface area contributed by atoms with E-state index in [2.05, 4.69) is 20.7 Å². The van der Waals surface area contributed by atoms with E-state index in [1.807, 2.05) is 12.1 Å². The van der Waals surface area contributed by atoms with Gasteiger partial charge in [0.25, 0.3) is 0 Å². The molecule has 4 nitrogen and oxygen atoms in total. The van der Waals surface area contributed by atoms with Crippen LogP contribution in [0.3, 0.4) is 0 Å². The van der Waals surface area contributed by atoms with E-state index >= 15 is 0 Å². The summed E-state index contributed by atoms with van der Waals surface area (Å²) in [5.74, 6) is 0.378. The highest BCUT2D eigenvalue weighted by Crippen LogP contribution is 2.29. The first kappa shape index (κ1) is 14.0. The van der Waals surface area contributed by atoms with Crippen molar-refractivity contribution in [3.63, 3.8) is 0 Å². The van der Waals surface area contributed by atoms with Crippen LogP contribution in [0.5, 0.6) is 5.75 Å². The number of ether oxygens (including phenoxy) is 2. The SMILES string of the molecule is COC(=O)CCCOc1c(Br)cccc1CO. The molecule has 17 heavy (non-hydrogen) atoms. The van der Waals surface area contributed by atoms with Crippen LogP contribution in [0.15, 0.2) is 22.7 Å². The largest absolute Gasteiger partial charge is 0.492 e. The zero-order valence-corrected chi connectivity index (χ0v) is 11.2. The molecular formula is C12H15BrO4. The van der Waals surface area contributed by atoms with Gasteiger partial charge >= 0.3 is 5.97 Å². The minimum atomic E-state index is -0.247. The standard InChI is InChI=1S/C12H15BrO4/c1-16-11(15)6-3-7-17-12-9(8-14)4-2-5-10(12)13/h2,4-5,14H,3,6-8H2,1H3. The number of hydrogen-bond donors (Lipinski definition) is 1. The number of benzene rings is 1. The molecule has 0 unspecified atom stereocenters. The molecule has 1 aromatic carbocycles. The molecule has 0 amide bonds. The molecular weight excluding hydrogens is 288 g/mol. The summed E-state index contributed by atoms with van der Waals surface area (Å²) in [5, 5.41) is 9.15. The maximum absolute atomic E-state index is 10.9. The Morgan fingerprint density at radius 3 is 2.88 bits per heavy atom. The maximum atomic E-state index is 10.9. The van der Waals surface area contributed by atoms with Crippen molar-refractivity contribution in [2.75, 3.05) is 13.7 Å². The molecule has 0 aliphatic heterocycles. The predicted octanol–water partition coefficient (Wildman–Crippen LogP) is 2.27. The number of carbonyl (C=O) groups excluding carboxylic acids is 1. The van der Waals surface area contributed by atoms with Crippen LogP contribution in [0.2, 0.25) is 0 Å². The van der Waals surface area contributed by atoms with Crippen LogP contribution in [0.4, 0.5) is 0 Å². The summed E-state index contributed by atoms with van der Waals surface area (Å²) in [6, 6.07) is 5.46. The van der Waals surface area contributed by atoms with Gasteiger partial charge in [0, 0.05) is 12.0 Å². The van der Waals surface area contributed by atoms with Crippen molar-refractivity contribution in [3.05, 3.63) is 28.2 Å².